The van der Waals surface area contributed by atoms with Gasteiger partial charge < -0.3 is 29.7 Å². The number of halogens is 1. The van der Waals surface area contributed by atoms with Crippen LogP contribution >= 0.6 is 11.3 Å². The van der Waals surface area contributed by atoms with Crippen molar-refractivity contribution in [1.29, 1.82) is 0 Å². The average molecular weight is 592 g/mol. The number of hydrogen-bond donors (Lipinski definition) is 2. The number of aromatic nitrogens is 2. The van der Waals surface area contributed by atoms with Crippen LogP contribution in [0.3, 0.4) is 0 Å². The van der Waals surface area contributed by atoms with Crippen LogP contribution in [0.1, 0.15) is 32.8 Å². The van der Waals surface area contributed by atoms with E-state index in [-0.39, 0.29) is 24.8 Å². The number of thiophene rings is 1. The van der Waals surface area contributed by atoms with Crippen molar-refractivity contribution in [2.24, 2.45) is 0 Å². The molecule has 2 aliphatic rings. The minimum absolute atomic E-state index is 0.0925. The quantitative estimate of drug-likeness (QED) is 0.361. The Bertz CT molecular complexity index is 1680. The third-order valence-corrected chi connectivity index (χ3v) is 8.72. The van der Waals surface area contributed by atoms with E-state index in [0.717, 1.165) is 21.6 Å². The van der Waals surface area contributed by atoms with E-state index in [0.29, 0.717) is 42.1 Å². The van der Waals surface area contributed by atoms with Crippen LogP contribution in [0, 0.1) is 19.7 Å². The summed E-state index contributed by atoms with van der Waals surface area (Å²) in [6.45, 7) is 4.94. The van der Waals surface area contributed by atoms with Crippen molar-refractivity contribution in [2.75, 3.05) is 31.7 Å². The molecular weight excluding hydrogens is 561 g/mol. The lowest BCUT2D eigenvalue weighted by Gasteiger charge is -2.39. The molecule has 2 aromatic heterocycles. The van der Waals surface area contributed by atoms with Crippen LogP contribution in [-0.2, 0) is 11.3 Å². The van der Waals surface area contributed by atoms with Crippen LogP contribution in [-0.4, -0.2) is 60.7 Å². The van der Waals surface area contributed by atoms with Gasteiger partial charge in [0.2, 0.25) is 0 Å². The predicted octanol–water partition coefficient (Wildman–Crippen LogP) is 3.92. The molecular formula is C30H30FN5O5S. The maximum atomic E-state index is 14.6. The molecule has 0 aliphatic carbocycles. The van der Waals surface area contributed by atoms with E-state index in [1.54, 1.807) is 41.9 Å². The third kappa shape index (κ3) is 5.54. The molecule has 10 nitrogen and oxygen atoms in total. The standard InChI is InChI=1S/C30H30FN5O5S/c1-16-17(2)42-30-27(16)28(33-15-34-30)36-7-6-23-22(13-36)35-29(38)19-4-5-24(39-3)25(10-19)40-14-26(37)32-12-18-8-20(31)11-21(9-18)41-23/h4-5,8-11,15,22-23H,6-7,12-14H2,1-3H3,(H,32,37)(H,35,38)/t22-,23+/m0/s1. The molecule has 42 heavy (non-hydrogen) atoms. The van der Waals surface area contributed by atoms with Crippen molar-refractivity contribution < 1.29 is 28.2 Å². The molecule has 0 unspecified atom stereocenters. The van der Waals surface area contributed by atoms with Gasteiger partial charge in [0.05, 0.1) is 18.5 Å². The first-order chi connectivity index (χ1) is 20.3. The van der Waals surface area contributed by atoms with E-state index < -0.39 is 23.9 Å². The molecule has 1 saturated heterocycles. The van der Waals surface area contributed by atoms with Crippen molar-refractivity contribution in [1.82, 2.24) is 20.6 Å². The number of nitrogens with zero attached hydrogens (tertiary/aromatic N) is 3. The van der Waals surface area contributed by atoms with Gasteiger partial charge in [0, 0.05) is 42.6 Å². The van der Waals surface area contributed by atoms with E-state index in [9.17, 15) is 14.0 Å². The van der Waals surface area contributed by atoms with Gasteiger partial charge in [-0.2, -0.15) is 0 Å². The van der Waals surface area contributed by atoms with Crippen molar-refractivity contribution in [2.45, 2.75) is 39.0 Å². The summed E-state index contributed by atoms with van der Waals surface area (Å²) in [5.74, 6) is 0.521. The number of carbonyl (C=O) groups excluding carboxylic acids is 2. The molecule has 0 saturated carbocycles. The topological polar surface area (TPSA) is 115 Å². The lowest BCUT2D eigenvalue weighted by atomic mass is 10.00. The number of nitrogens with one attached hydrogen (secondary N) is 2. The Labute approximate surface area is 245 Å². The van der Waals surface area contributed by atoms with Crippen molar-refractivity contribution in [3.05, 3.63) is 70.1 Å². The predicted molar refractivity (Wildman–Crippen MR) is 156 cm³/mol. The van der Waals surface area contributed by atoms with Gasteiger partial charge >= 0.3 is 0 Å². The summed E-state index contributed by atoms with van der Waals surface area (Å²) in [5, 5.41) is 6.87. The monoisotopic (exact) mass is 591 g/mol. The number of amides is 2. The first-order valence-electron chi connectivity index (χ1n) is 13.6. The fourth-order valence-electron chi connectivity index (χ4n) is 5.35. The highest BCUT2D eigenvalue weighted by molar-refractivity contribution is 7.18. The van der Waals surface area contributed by atoms with Gasteiger partial charge in [-0.05, 0) is 55.3 Å². The maximum Gasteiger partial charge on any atom is 0.258 e. The second-order valence-corrected chi connectivity index (χ2v) is 11.6. The first kappa shape index (κ1) is 27.7. The lowest BCUT2D eigenvalue weighted by molar-refractivity contribution is -0.123. The van der Waals surface area contributed by atoms with Crippen LogP contribution in [0.15, 0.2) is 42.7 Å². The van der Waals surface area contributed by atoms with Gasteiger partial charge in [-0.15, -0.1) is 11.3 Å². The smallest absolute Gasteiger partial charge is 0.258 e. The fourth-order valence-corrected chi connectivity index (χ4v) is 6.34. The van der Waals surface area contributed by atoms with E-state index in [2.05, 4.69) is 39.3 Å². The van der Waals surface area contributed by atoms with Gasteiger partial charge in [0.1, 0.15) is 34.6 Å². The summed E-state index contributed by atoms with van der Waals surface area (Å²) in [4.78, 5) is 39.4. The molecule has 4 bridgehead atoms. The summed E-state index contributed by atoms with van der Waals surface area (Å²) in [7, 11) is 1.48. The zero-order valence-electron chi connectivity index (χ0n) is 23.4. The Morgan fingerprint density at radius 3 is 2.83 bits per heavy atom. The number of anilines is 1. The number of ether oxygens (including phenoxy) is 3. The van der Waals surface area contributed by atoms with E-state index in [1.807, 2.05) is 0 Å². The minimum Gasteiger partial charge on any atom is -0.493 e. The molecule has 12 heteroatoms. The normalized spacial score (nSPS) is 19.3. The van der Waals surface area contributed by atoms with Gasteiger partial charge in [0.25, 0.3) is 11.8 Å². The number of benzene rings is 2. The van der Waals surface area contributed by atoms with Crippen LogP contribution < -0.4 is 29.7 Å². The molecule has 2 aliphatic heterocycles. The van der Waals surface area contributed by atoms with Gasteiger partial charge in [-0.3, -0.25) is 9.59 Å². The van der Waals surface area contributed by atoms with E-state index >= 15 is 0 Å². The highest BCUT2D eigenvalue weighted by atomic mass is 32.1. The first-order valence-corrected chi connectivity index (χ1v) is 14.4. The average Bonchev–Trinajstić information content (AvgIpc) is 3.28. The molecule has 2 aromatic carbocycles. The second-order valence-electron chi connectivity index (χ2n) is 10.4. The van der Waals surface area contributed by atoms with Gasteiger partial charge in [-0.1, -0.05) is 0 Å². The zero-order valence-corrected chi connectivity index (χ0v) is 24.2. The highest BCUT2D eigenvalue weighted by Crippen LogP contribution is 2.36. The van der Waals surface area contributed by atoms with Crippen LogP contribution in [0.2, 0.25) is 0 Å². The van der Waals surface area contributed by atoms with Crippen molar-refractivity contribution in [3.8, 4) is 17.2 Å². The molecule has 0 spiro atoms. The van der Waals surface area contributed by atoms with E-state index in [1.165, 1.54) is 24.1 Å². The van der Waals surface area contributed by atoms with Gasteiger partial charge in [-0.25, -0.2) is 14.4 Å². The Morgan fingerprint density at radius 1 is 1.14 bits per heavy atom. The molecule has 6 rings (SSSR count). The molecule has 2 N–H and O–H groups in total. The molecule has 0 radical (unpaired) electrons. The number of methoxy groups -OCH3 is 1. The summed E-state index contributed by atoms with van der Waals surface area (Å²) in [6, 6.07) is 8.68. The molecule has 2 atom stereocenters. The highest BCUT2D eigenvalue weighted by Gasteiger charge is 2.34. The second kappa shape index (κ2) is 11.4. The Hall–Kier alpha value is -4.45. The number of rotatable bonds is 2. The van der Waals surface area contributed by atoms with Crippen LogP contribution in [0.4, 0.5) is 10.2 Å². The van der Waals surface area contributed by atoms with Crippen LogP contribution in [0.5, 0.6) is 17.2 Å². The number of fused-ring (bicyclic) bond motifs is 6. The molecule has 2 amide bonds. The fraction of sp³-hybridized carbons (Fsp3) is 0.333. The summed E-state index contributed by atoms with van der Waals surface area (Å²) in [6.07, 6.45) is 1.65. The number of aryl methyl sites for hydroxylation is 2. The number of hydrogen-bond acceptors (Lipinski definition) is 9. The number of carbonyl (C=O) groups is 2. The summed E-state index contributed by atoms with van der Waals surface area (Å²) in [5.41, 5.74) is 2.00. The molecule has 4 aromatic rings. The van der Waals surface area contributed by atoms with E-state index in [4.69, 9.17) is 14.2 Å². The molecule has 4 heterocycles. The largest absolute Gasteiger partial charge is 0.493 e. The molecule has 218 valence electrons. The summed E-state index contributed by atoms with van der Waals surface area (Å²) < 4.78 is 32.0. The lowest BCUT2D eigenvalue weighted by Crippen LogP contribution is -2.57. The zero-order chi connectivity index (χ0) is 29.4. The Morgan fingerprint density at radius 2 is 2.00 bits per heavy atom. The van der Waals surface area contributed by atoms with Gasteiger partial charge in [0.15, 0.2) is 18.1 Å². The third-order valence-electron chi connectivity index (χ3n) is 7.60. The SMILES string of the molecule is COc1ccc2cc1OCC(=O)NCc1cc(F)cc(c1)O[C@@H]1CCN(c3ncnc4sc(C)c(C)c34)C[C@@H]1NC2=O. The Balaban J connectivity index is 1.37. The molecule has 1 fully saturated rings. The van der Waals surface area contributed by atoms with Crippen molar-refractivity contribution in [3.63, 3.8) is 0 Å². The van der Waals surface area contributed by atoms with Crippen molar-refractivity contribution >= 4 is 39.2 Å². The van der Waals surface area contributed by atoms with Crippen LogP contribution in [0.25, 0.3) is 10.2 Å². The maximum absolute atomic E-state index is 14.6. The Kier molecular flexibility index (Phi) is 7.55. The minimum atomic E-state index is -0.487. The number of piperidine rings is 1. The summed E-state index contributed by atoms with van der Waals surface area (Å²) >= 11 is 1.63.